The predicted molar refractivity (Wildman–Crippen MR) is 144 cm³/mol. The van der Waals surface area contributed by atoms with Crippen LogP contribution in [0.5, 0.6) is 0 Å². The Morgan fingerprint density at radius 1 is 0.784 bits per heavy atom. The Morgan fingerprint density at radius 3 is 1.78 bits per heavy atom. The lowest BCUT2D eigenvalue weighted by Gasteiger charge is -2.34. The van der Waals surface area contributed by atoms with Gasteiger partial charge in [-0.05, 0) is 28.8 Å². The Bertz CT molecular complexity index is 1430. The number of hydrogen-bond donors (Lipinski definition) is 2. The second kappa shape index (κ2) is 10.3. The molecule has 4 nitrogen and oxygen atoms in total. The number of thiazole rings is 1. The second-order valence-corrected chi connectivity index (χ2v) is 9.61. The standard InChI is InChI=1S/C30H23F2N3OS/c31-24-17-16-23(18-25(24)32)34-27(36)19-26-28(33)35-29(37-26)30(20-10-4-1-5-11-20,21-12-6-2-7-13-21)22-14-8-3-9-15-22/h1-18H,19,33H2,(H,34,36). The lowest BCUT2D eigenvalue weighted by atomic mass is 9.70. The predicted octanol–water partition coefficient (Wildman–Crippen LogP) is 6.57. The Morgan fingerprint density at radius 2 is 1.30 bits per heavy atom. The maximum atomic E-state index is 13.6. The van der Waals surface area contributed by atoms with Crippen molar-refractivity contribution in [3.63, 3.8) is 0 Å². The highest BCUT2D eigenvalue weighted by Crippen LogP contribution is 2.47. The Labute approximate surface area is 217 Å². The van der Waals surface area contributed by atoms with Gasteiger partial charge in [0.25, 0.3) is 0 Å². The lowest BCUT2D eigenvalue weighted by molar-refractivity contribution is -0.115. The zero-order valence-corrected chi connectivity index (χ0v) is 20.5. The maximum Gasteiger partial charge on any atom is 0.229 e. The molecule has 0 unspecified atom stereocenters. The van der Waals surface area contributed by atoms with Gasteiger partial charge in [-0.15, -0.1) is 11.3 Å². The molecule has 5 rings (SSSR count). The van der Waals surface area contributed by atoms with Crippen molar-refractivity contribution in [3.8, 4) is 0 Å². The molecule has 5 aromatic rings. The summed E-state index contributed by atoms with van der Waals surface area (Å²) in [5, 5.41) is 3.33. The summed E-state index contributed by atoms with van der Waals surface area (Å²) in [5.74, 6) is -2.16. The summed E-state index contributed by atoms with van der Waals surface area (Å²) < 4.78 is 26.8. The van der Waals surface area contributed by atoms with Gasteiger partial charge in [-0.1, -0.05) is 91.0 Å². The Balaban J connectivity index is 1.60. The average molecular weight is 512 g/mol. The van der Waals surface area contributed by atoms with Crippen molar-refractivity contribution in [2.75, 3.05) is 11.1 Å². The number of nitrogen functional groups attached to an aromatic ring is 1. The summed E-state index contributed by atoms with van der Waals surface area (Å²) in [6.07, 6.45) is -0.0586. The molecule has 0 saturated heterocycles. The zero-order valence-electron chi connectivity index (χ0n) is 19.7. The monoisotopic (exact) mass is 511 g/mol. The molecule has 0 bridgehead atoms. The van der Waals surface area contributed by atoms with Crippen LogP contribution in [0.3, 0.4) is 0 Å². The van der Waals surface area contributed by atoms with Gasteiger partial charge in [-0.3, -0.25) is 4.79 Å². The number of anilines is 2. The summed E-state index contributed by atoms with van der Waals surface area (Å²) in [4.78, 5) is 18.2. The fourth-order valence-electron chi connectivity index (χ4n) is 4.51. The minimum absolute atomic E-state index is 0.0586. The minimum Gasteiger partial charge on any atom is -0.383 e. The van der Waals surface area contributed by atoms with Gasteiger partial charge in [0.1, 0.15) is 10.8 Å². The summed E-state index contributed by atoms with van der Waals surface area (Å²) >= 11 is 1.36. The number of halogens is 2. The number of aromatic nitrogens is 1. The molecule has 0 saturated carbocycles. The van der Waals surface area contributed by atoms with Gasteiger partial charge in [-0.2, -0.15) is 0 Å². The van der Waals surface area contributed by atoms with Crippen LogP contribution in [0, 0.1) is 11.6 Å². The number of amides is 1. The van der Waals surface area contributed by atoms with Crippen LogP contribution in [-0.2, 0) is 16.6 Å². The van der Waals surface area contributed by atoms with Crippen molar-refractivity contribution in [1.29, 1.82) is 0 Å². The molecule has 3 N–H and O–H groups in total. The molecule has 37 heavy (non-hydrogen) atoms. The largest absolute Gasteiger partial charge is 0.383 e. The van der Waals surface area contributed by atoms with E-state index in [1.54, 1.807) is 0 Å². The number of nitrogens with zero attached hydrogens (tertiary/aromatic N) is 1. The van der Waals surface area contributed by atoms with Crippen LogP contribution >= 0.6 is 11.3 Å². The molecule has 4 aromatic carbocycles. The highest BCUT2D eigenvalue weighted by molar-refractivity contribution is 7.12. The van der Waals surface area contributed by atoms with Gasteiger partial charge in [0, 0.05) is 11.8 Å². The van der Waals surface area contributed by atoms with Crippen LogP contribution in [0.4, 0.5) is 20.3 Å². The van der Waals surface area contributed by atoms with Crippen molar-refractivity contribution < 1.29 is 13.6 Å². The van der Waals surface area contributed by atoms with Crippen LogP contribution in [0.2, 0.25) is 0 Å². The van der Waals surface area contributed by atoms with Crippen LogP contribution < -0.4 is 11.1 Å². The Hall–Kier alpha value is -4.36. The molecule has 184 valence electrons. The van der Waals surface area contributed by atoms with E-state index < -0.39 is 23.0 Å². The number of benzene rings is 4. The third-order valence-electron chi connectivity index (χ3n) is 6.19. The smallest absolute Gasteiger partial charge is 0.229 e. The first-order chi connectivity index (χ1) is 18.0. The average Bonchev–Trinajstić information content (AvgIpc) is 3.28. The van der Waals surface area contributed by atoms with E-state index in [-0.39, 0.29) is 17.9 Å². The van der Waals surface area contributed by atoms with E-state index in [1.165, 1.54) is 17.4 Å². The molecule has 0 fully saturated rings. The SMILES string of the molecule is Nc1nc(C(c2ccccc2)(c2ccccc2)c2ccccc2)sc1CC(=O)Nc1ccc(F)c(F)c1. The molecule has 0 aliphatic heterocycles. The maximum absolute atomic E-state index is 13.6. The van der Waals surface area contributed by atoms with Gasteiger partial charge in [0.2, 0.25) is 5.91 Å². The molecule has 0 atom stereocenters. The normalized spacial score (nSPS) is 11.3. The topological polar surface area (TPSA) is 68.0 Å². The highest BCUT2D eigenvalue weighted by atomic mass is 32.1. The molecule has 1 aromatic heterocycles. The molecule has 7 heteroatoms. The van der Waals surface area contributed by atoms with Gasteiger partial charge >= 0.3 is 0 Å². The fourth-order valence-corrected chi connectivity index (χ4v) is 5.75. The molecular weight excluding hydrogens is 488 g/mol. The summed E-state index contributed by atoms with van der Waals surface area (Å²) in [6, 6.07) is 33.4. The van der Waals surface area contributed by atoms with Gasteiger partial charge in [0.15, 0.2) is 11.6 Å². The van der Waals surface area contributed by atoms with E-state index in [1.807, 2.05) is 54.6 Å². The van der Waals surface area contributed by atoms with E-state index in [0.29, 0.717) is 4.88 Å². The third kappa shape index (κ3) is 4.73. The van der Waals surface area contributed by atoms with Crippen molar-refractivity contribution in [3.05, 3.63) is 147 Å². The summed E-state index contributed by atoms with van der Waals surface area (Å²) in [6.45, 7) is 0. The van der Waals surface area contributed by atoms with Crippen molar-refractivity contribution in [1.82, 2.24) is 4.98 Å². The van der Waals surface area contributed by atoms with Gasteiger partial charge in [0.05, 0.1) is 16.7 Å². The highest BCUT2D eigenvalue weighted by Gasteiger charge is 2.41. The Kier molecular flexibility index (Phi) is 6.79. The number of hydrogen-bond acceptors (Lipinski definition) is 4. The number of rotatable bonds is 7. The van der Waals surface area contributed by atoms with Gasteiger partial charge < -0.3 is 11.1 Å². The van der Waals surface area contributed by atoms with E-state index in [9.17, 15) is 13.6 Å². The van der Waals surface area contributed by atoms with Crippen molar-refractivity contribution in [2.45, 2.75) is 11.8 Å². The number of carbonyl (C=O) groups excluding carboxylic acids is 1. The number of carbonyl (C=O) groups is 1. The van der Waals surface area contributed by atoms with E-state index in [4.69, 9.17) is 10.7 Å². The van der Waals surface area contributed by atoms with Crippen LogP contribution in [0.15, 0.2) is 109 Å². The van der Waals surface area contributed by atoms with E-state index in [2.05, 4.69) is 41.7 Å². The minimum atomic E-state index is -1.03. The molecule has 0 radical (unpaired) electrons. The summed E-state index contributed by atoms with van der Waals surface area (Å²) in [7, 11) is 0. The van der Waals surface area contributed by atoms with Crippen molar-refractivity contribution >= 4 is 28.7 Å². The first-order valence-electron chi connectivity index (χ1n) is 11.7. The van der Waals surface area contributed by atoms with Gasteiger partial charge in [-0.25, -0.2) is 13.8 Å². The quantitative estimate of drug-likeness (QED) is 0.243. The van der Waals surface area contributed by atoms with Crippen molar-refractivity contribution in [2.24, 2.45) is 0 Å². The van der Waals surface area contributed by atoms with Crippen LogP contribution in [-0.4, -0.2) is 10.9 Å². The molecule has 1 amide bonds. The van der Waals surface area contributed by atoms with Crippen LogP contribution in [0.25, 0.3) is 0 Å². The zero-order chi connectivity index (χ0) is 25.8. The number of nitrogens with two attached hydrogens (primary N) is 1. The first kappa shape index (κ1) is 24.3. The van der Waals surface area contributed by atoms with Crippen LogP contribution in [0.1, 0.15) is 26.6 Å². The first-order valence-corrected chi connectivity index (χ1v) is 12.5. The molecule has 0 spiro atoms. The second-order valence-electron chi connectivity index (χ2n) is 8.53. The third-order valence-corrected chi connectivity index (χ3v) is 7.38. The van der Waals surface area contributed by atoms with E-state index in [0.717, 1.165) is 33.8 Å². The number of nitrogens with one attached hydrogen (secondary N) is 1. The molecule has 0 aliphatic carbocycles. The fraction of sp³-hybridized carbons (Fsp3) is 0.0667. The lowest BCUT2D eigenvalue weighted by Crippen LogP contribution is -2.30. The molecular formula is C30H23F2N3OS. The molecule has 0 aliphatic rings. The summed E-state index contributed by atoms with van der Waals surface area (Å²) in [5.41, 5.74) is 8.81. The molecule has 1 heterocycles. The van der Waals surface area contributed by atoms with E-state index >= 15 is 0 Å².